The van der Waals surface area contributed by atoms with Gasteiger partial charge in [0.1, 0.15) is 16.3 Å². The fourth-order valence-electron chi connectivity index (χ4n) is 2.29. The summed E-state index contributed by atoms with van der Waals surface area (Å²) < 4.78 is 15.6. The molecule has 0 saturated carbocycles. The largest absolute Gasteiger partial charge is 0.506 e. The van der Waals surface area contributed by atoms with Gasteiger partial charge in [0.25, 0.3) is 0 Å². The standard InChI is InChI=1S/C16H14ClNO6S/c1-2-22-16(21)13-14(20)9-3-11-12(24-7-23-11)4-10(9)18-15(13)25-6-8(19)5-17/h3-4H,2,5-7H2,1H3,(H,18,20). The van der Waals surface area contributed by atoms with Crippen molar-refractivity contribution in [3.63, 3.8) is 0 Å². The number of fused-ring (bicyclic) bond motifs is 2. The van der Waals surface area contributed by atoms with E-state index in [1.54, 1.807) is 19.1 Å². The van der Waals surface area contributed by atoms with Crippen LogP contribution in [0.2, 0.25) is 0 Å². The van der Waals surface area contributed by atoms with Crippen LogP contribution in [-0.4, -0.2) is 46.9 Å². The molecule has 1 aliphatic heterocycles. The number of pyridine rings is 1. The van der Waals surface area contributed by atoms with Crippen LogP contribution >= 0.6 is 23.4 Å². The lowest BCUT2D eigenvalue weighted by Gasteiger charge is -2.12. The third-order valence-corrected chi connectivity index (χ3v) is 4.75. The second-order valence-electron chi connectivity index (χ2n) is 5.04. The third-order valence-electron chi connectivity index (χ3n) is 3.42. The molecular formula is C16H14ClNO6S. The first-order valence-electron chi connectivity index (χ1n) is 7.39. The average molecular weight is 384 g/mol. The lowest BCUT2D eigenvalue weighted by atomic mass is 10.1. The van der Waals surface area contributed by atoms with E-state index >= 15 is 0 Å². The van der Waals surface area contributed by atoms with E-state index in [-0.39, 0.29) is 47.2 Å². The maximum absolute atomic E-state index is 12.3. The van der Waals surface area contributed by atoms with Crippen LogP contribution in [0.3, 0.4) is 0 Å². The number of hydrogen-bond donors (Lipinski definition) is 1. The molecule has 0 spiro atoms. The summed E-state index contributed by atoms with van der Waals surface area (Å²) in [5.41, 5.74) is 0.330. The van der Waals surface area contributed by atoms with E-state index < -0.39 is 5.97 Å². The highest BCUT2D eigenvalue weighted by Crippen LogP contribution is 2.41. The predicted octanol–water partition coefficient (Wildman–Crippen LogP) is 2.75. The Morgan fingerprint density at radius 1 is 1.36 bits per heavy atom. The first kappa shape index (κ1) is 17.6. The monoisotopic (exact) mass is 383 g/mol. The molecule has 1 aromatic heterocycles. The molecule has 0 fully saturated rings. The number of aromatic hydroxyl groups is 1. The fourth-order valence-corrected chi connectivity index (χ4v) is 3.39. The van der Waals surface area contributed by atoms with Gasteiger partial charge >= 0.3 is 5.97 Å². The minimum atomic E-state index is -0.715. The molecule has 1 aliphatic rings. The number of carbonyl (C=O) groups is 2. The molecule has 9 heteroatoms. The number of nitrogens with zero attached hydrogens (tertiary/aromatic N) is 1. The van der Waals surface area contributed by atoms with Gasteiger partial charge in [0, 0.05) is 11.5 Å². The van der Waals surface area contributed by atoms with Gasteiger partial charge in [-0.3, -0.25) is 4.79 Å². The van der Waals surface area contributed by atoms with Gasteiger partial charge in [0.2, 0.25) is 6.79 Å². The molecule has 0 amide bonds. The van der Waals surface area contributed by atoms with Crippen molar-refractivity contribution in [3.8, 4) is 17.2 Å². The summed E-state index contributed by atoms with van der Waals surface area (Å²) in [5.74, 6) is -0.365. The Labute approximate surface area is 152 Å². The highest BCUT2D eigenvalue weighted by atomic mass is 35.5. The normalized spacial score (nSPS) is 12.4. The summed E-state index contributed by atoms with van der Waals surface area (Å²) in [4.78, 5) is 28.2. The van der Waals surface area contributed by atoms with Crippen molar-refractivity contribution in [1.82, 2.24) is 4.98 Å². The Morgan fingerprint density at radius 2 is 2.08 bits per heavy atom. The van der Waals surface area contributed by atoms with Crippen molar-refractivity contribution in [2.45, 2.75) is 11.9 Å². The van der Waals surface area contributed by atoms with E-state index in [4.69, 9.17) is 25.8 Å². The number of hydrogen-bond acceptors (Lipinski definition) is 8. The molecule has 0 unspecified atom stereocenters. The topological polar surface area (TPSA) is 95.0 Å². The second kappa shape index (κ2) is 7.37. The van der Waals surface area contributed by atoms with E-state index in [2.05, 4.69) is 4.98 Å². The molecule has 2 aromatic rings. The van der Waals surface area contributed by atoms with Crippen LogP contribution in [0.5, 0.6) is 17.2 Å². The molecule has 7 nitrogen and oxygen atoms in total. The van der Waals surface area contributed by atoms with Crippen molar-refractivity contribution in [2.75, 3.05) is 25.0 Å². The number of esters is 1. The highest BCUT2D eigenvalue weighted by Gasteiger charge is 2.25. The van der Waals surface area contributed by atoms with Crippen LogP contribution in [0.1, 0.15) is 17.3 Å². The zero-order valence-corrected chi connectivity index (χ0v) is 14.8. The van der Waals surface area contributed by atoms with Crippen LogP contribution in [0.15, 0.2) is 17.2 Å². The maximum Gasteiger partial charge on any atom is 0.344 e. The number of ether oxygens (including phenoxy) is 3. The van der Waals surface area contributed by atoms with Crippen molar-refractivity contribution in [3.05, 3.63) is 17.7 Å². The summed E-state index contributed by atoms with van der Waals surface area (Å²) in [6.45, 7) is 1.87. The number of alkyl halides is 1. The average Bonchev–Trinajstić information content (AvgIpc) is 3.05. The van der Waals surface area contributed by atoms with Gasteiger partial charge in [-0.25, -0.2) is 9.78 Å². The van der Waals surface area contributed by atoms with E-state index in [0.717, 1.165) is 11.8 Å². The summed E-state index contributed by atoms with van der Waals surface area (Å²) in [6.07, 6.45) is 0. The van der Waals surface area contributed by atoms with E-state index in [9.17, 15) is 14.7 Å². The quantitative estimate of drug-likeness (QED) is 0.462. The van der Waals surface area contributed by atoms with Gasteiger partial charge in [-0.15, -0.1) is 11.6 Å². The van der Waals surface area contributed by atoms with Gasteiger partial charge in [-0.1, -0.05) is 11.8 Å². The van der Waals surface area contributed by atoms with E-state index in [1.807, 2.05) is 0 Å². The first-order chi connectivity index (χ1) is 12.0. The first-order valence-corrected chi connectivity index (χ1v) is 8.91. The molecule has 132 valence electrons. The Hall–Kier alpha value is -2.19. The Balaban J connectivity index is 2.13. The smallest absolute Gasteiger partial charge is 0.344 e. The third kappa shape index (κ3) is 3.45. The minimum Gasteiger partial charge on any atom is -0.506 e. The Kier molecular flexibility index (Phi) is 5.19. The number of benzene rings is 1. The number of carbonyl (C=O) groups excluding carboxylic acids is 2. The van der Waals surface area contributed by atoms with Gasteiger partial charge in [0.05, 0.1) is 23.8 Å². The fraction of sp³-hybridized carbons (Fsp3) is 0.312. The number of Topliss-reactive ketones (excluding diaryl/α,β-unsaturated/α-hetero) is 1. The van der Waals surface area contributed by atoms with Gasteiger partial charge in [0.15, 0.2) is 17.3 Å². The number of halogens is 1. The molecule has 0 saturated heterocycles. The summed E-state index contributed by atoms with van der Waals surface area (Å²) in [6, 6.07) is 3.17. The second-order valence-corrected chi connectivity index (χ2v) is 6.28. The number of aromatic nitrogens is 1. The van der Waals surface area contributed by atoms with Crippen molar-refractivity contribution in [1.29, 1.82) is 0 Å². The van der Waals surface area contributed by atoms with Crippen LogP contribution in [0, 0.1) is 0 Å². The summed E-state index contributed by atoms with van der Waals surface area (Å²) >= 11 is 6.52. The molecule has 0 radical (unpaired) electrons. The number of ketones is 1. The van der Waals surface area contributed by atoms with Crippen LogP contribution in [0.25, 0.3) is 10.9 Å². The Bertz CT molecular complexity index is 856. The molecular weight excluding hydrogens is 370 g/mol. The van der Waals surface area contributed by atoms with Crippen LogP contribution in [0.4, 0.5) is 0 Å². The predicted molar refractivity (Wildman–Crippen MR) is 91.9 cm³/mol. The molecule has 1 N–H and O–H groups in total. The SMILES string of the molecule is CCOC(=O)c1c(SCC(=O)CCl)nc2cc3c(cc2c1O)OCO3. The van der Waals surface area contributed by atoms with Crippen molar-refractivity contribution >= 4 is 46.0 Å². The van der Waals surface area contributed by atoms with Gasteiger partial charge < -0.3 is 19.3 Å². The molecule has 1 aromatic carbocycles. The number of rotatable bonds is 6. The minimum absolute atomic E-state index is 0.0262. The van der Waals surface area contributed by atoms with Crippen LogP contribution < -0.4 is 9.47 Å². The van der Waals surface area contributed by atoms with Crippen LogP contribution in [-0.2, 0) is 9.53 Å². The lowest BCUT2D eigenvalue weighted by Crippen LogP contribution is -2.10. The van der Waals surface area contributed by atoms with E-state index in [1.165, 1.54) is 0 Å². The maximum atomic E-state index is 12.3. The molecule has 2 heterocycles. The summed E-state index contributed by atoms with van der Waals surface area (Å²) in [7, 11) is 0. The zero-order valence-electron chi connectivity index (χ0n) is 13.2. The molecule has 25 heavy (non-hydrogen) atoms. The lowest BCUT2D eigenvalue weighted by molar-refractivity contribution is -0.114. The molecule has 0 aliphatic carbocycles. The van der Waals surface area contributed by atoms with Gasteiger partial charge in [-0.2, -0.15) is 0 Å². The highest BCUT2D eigenvalue weighted by molar-refractivity contribution is 8.00. The molecule has 0 atom stereocenters. The van der Waals surface area contributed by atoms with Crippen molar-refractivity contribution in [2.24, 2.45) is 0 Å². The molecule has 3 rings (SSSR count). The van der Waals surface area contributed by atoms with Crippen molar-refractivity contribution < 1.29 is 28.9 Å². The molecule has 0 bridgehead atoms. The summed E-state index contributed by atoms with van der Waals surface area (Å²) in [5, 5.41) is 11.1. The zero-order chi connectivity index (χ0) is 18.0. The number of thioether (sulfide) groups is 1. The van der Waals surface area contributed by atoms with Gasteiger partial charge in [-0.05, 0) is 13.0 Å². The van der Waals surface area contributed by atoms with E-state index in [0.29, 0.717) is 22.4 Å². The Morgan fingerprint density at radius 3 is 2.76 bits per heavy atom.